The van der Waals surface area contributed by atoms with Crippen molar-refractivity contribution in [2.24, 2.45) is 5.73 Å². The van der Waals surface area contributed by atoms with Crippen LogP contribution in [0.1, 0.15) is 29.7 Å². The van der Waals surface area contributed by atoms with Gasteiger partial charge in [0.15, 0.2) is 0 Å². The Morgan fingerprint density at radius 2 is 2.00 bits per heavy atom. The first-order chi connectivity index (χ1) is 9.13. The van der Waals surface area contributed by atoms with E-state index in [4.69, 9.17) is 10.5 Å². The van der Waals surface area contributed by atoms with Crippen LogP contribution in [0.25, 0.3) is 0 Å². The van der Waals surface area contributed by atoms with Crippen LogP contribution in [0.2, 0.25) is 0 Å². The first-order valence-electron chi connectivity index (χ1n) is 6.14. The Hall–Kier alpha value is -2.07. The van der Waals surface area contributed by atoms with Crippen molar-refractivity contribution in [1.29, 1.82) is 0 Å². The molecule has 4 heteroatoms. The van der Waals surface area contributed by atoms with Crippen LogP contribution in [0.4, 0.5) is 4.39 Å². The molecule has 0 aromatic heterocycles. The molecule has 3 nitrogen and oxygen atoms in total. The van der Waals surface area contributed by atoms with Gasteiger partial charge < -0.3 is 15.6 Å². The van der Waals surface area contributed by atoms with Crippen LogP contribution in [0.5, 0.6) is 11.5 Å². The molecule has 19 heavy (non-hydrogen) atoms. The summed E-state index contributed by atoms with van der Waals surface area (Å²) in [4.78, 5) is 0. The minimum absolute atomic E-state index is 0.106. The molecule has 3 N–H and O–H groups in total. The molecule has 0 spiro atoms. The maximum atomic E-state index is 13.3. The molecule has 0 saturated carbocycles. The predicted molar refractivity (Wildman–Crippen MR) is 69.4 cm³/mol. The third-order valence-corrected chi connectivity index (χ3v) is 3.33. The lowest BCUT2D eigenvalue weighted by Gasteiger charge is -2.30. The Kier molecular flexibility index (Phi) is 2.87. The molecule has 2 aromatic carbocycles. The van der Waals surface area contributed by atoms with Crippen LogP contribution in [-0.2, 0) is 0 Å². The molecule has 0 saturated heterocycles. The Labute approximate surface area is 110 Å². The minimum Gasteiger partial charge on any atom is -0.508 e. The van der Waals surface area contributed by atoms with Gasteiger partial charge in [-0.25, -0.2) is 4.39 Å². The van der Waals surface area contributed by atoms with Crippen molar-refractivity contribution >= 4 is 0 Å². The van der Waals surface area contributed by atoms with Gasteiger partial charge in [0, 0.05) is 24.1 Å². The number of phenols is 1. The number of aromatic hydroxyl groups is 1. The smallest absolute Gasteiger partial charge is 0.127 e. The summed E-state index contributed by atoms with van der Waals surface area (Å²) in [6.45, 7) is 0. The highest BCUT2D eigenvalue weighted by Crippen LogP contribution is 2.40. The fourth-order valence-corrected chi connectivity index (χ4v) is 2.44. The Bertz CT molecular complexity index is 595. The maximum absolute atomic E-state index is 13.3. The molecular formula is C15H14FNO2. The lowest BCUT2D eigenvalue weighted by Crippen LogP contribution is -2.24. The third kappa shape index (κ3) is 2.27. The molecule has 98 valence electrons. The Morgan fingerprint density at radius 3 is 2.79 bits per heavy atom. The zero-order valence-electron chi connectivity index (χ0n) is 10.2. The number of fused-ring (bicyclic) bond motifs is 1. The lowest BCUT2D eigenvalue weighted by molar-refractivity contribution is 0.161. The fraction of sp³-hybridized carbons (Fsp3) is 0.200. The number of hydrogen-bond donors (Lipinski definition) is 2. The van der Waals surface area contributed by atoms with Crippen LogP contribution < -0.4 is 10.5 Å². The minimum atomic E-state index is -0.481. The molecule has 1 aliphatic heterocycles. The zero-order valence-corrected chi connectivity index (χ0v) is 10.2. The van der Waals surface area contributed by atoms with E-state index >= 15 is 0 Å². The van der Waals surface area contributed by atoms with Crippen molar-refractivity contribution in [3.8, 4) is 11.5 Å². The van der Waals surface area contributed by atoms with Gasteiger partial charge in [0.25, 0.3) is 0 Å². The highest BCUT2D eigenvalue weighted by Gasteiger charge is 2.27. The highest BCUT2D eigenvalue weighted by molar-refractivity contribution is 5.40. The van der Waals surface area contributed by atoms with Gasteiger partial charge in [0.1, 0.15) is 23.4 Å². The third-order valence-electron chi connectivity index (χ3n) is 3.33. The zero-order chi connectivity index (χ0) is 13.4. The number of benzene rings is 2. The number of rotatable bonds is 1. The summed E-state index contributed by atoms with van der Waals surface area (Å²) in [6.07, 6.45) is 0.214. The van der Waals surface area contributed by atoms with E-state index in [1.807, 2.05) is 24.3 Å². The molecule has 0 aliphatic carbocycles. The average molecular weight is 259 g/mol. The molecule has 2 aromatic rings. The quantitative estimate of drug-likeness (QED) is 0.827. The molecule has 1 aliphatic rings. The van der Waals surface area contributed by atoms with Crippen LogP contribution in [0.3, 0.4) is 0 Å². The van der Waals surface area contributed by atoms with Crippen LogP contribution in [-0.4, -0.2) is 5.11 Å². The molecule has 2 atom stereocenters. The van der Waals surface area contributed by atoms with E-state index in [0.717, 1.165) is 17.4 Å². The standard InChI is InChI=1S/C15H14FNO2/c16-10-5-9(6-11(18)7-10)15-8-13(17)12-3-1-2-4-14(12)19-15/h1-7,13,15,18H,8,17H2. The summed E-state index contributed by atoms with van der Waals surface area (Å²) in [5, 5.41) is 9.46. The number of hydrogen-bond acceptors (Lipinski definition) is 3. The summed E-state index contributed by atoms with van der Waals surface area (Å²) in [7, 11) is 0. The van der Waals surface area contributed by atoms with Crippen LogP contribution in [0, 0.1) is 5.82 Å². The molecular weight excluding hydrogens is 245 g/mol. The van der Waals surface area contributed by atoms with Crippen molar-refractivity contribution in [1.82, 2.24) is 0 Å². The van der Waals surface area contributed by atoms with Gasteiger partial charge >= 0.3 is 0 Å². The number of nitrogens with two attached hydrogens (primary N) is 1. The van der Waals surface area contributed by atoms with Gasteiger partial charge in [-0.15, -0.1) is 0 Å². The van der Waals surface area contributed by atoms with E-state index in [1.165, 1.54) is 12.1 Å². The van der Waals surface area contributed by atoms with Gasteiger partial charge in [-0.1, -0.05) is 18.2 Å². The van der Waals surface area contributed by atoms with E-state index in [2.05, 4.69) is 0 Å². The summed E-state index contributed by atoms with van der Waals surface area (Å²) in [5.74, 6) is 0.132. The second-order valence-corrected chi connectivity index (χ2v) is 4.73. The first kappa shape index (κ1) is 12.0. The summed E-state index contributed by atoms with van der Waals surface area (Å²) in [6, 6.07) is 11.4. The van der Waals surface area contributed by atoms with E-state index < -0.39 is 5.82 Å². The van der Waals surface area contributed by atoms with Crippen molar-refractivity contribution in [3.05, 3.63) is 59.4 Å². The number of para-hydroxylation sites is 1. The van der Waals surface area contributed by atoms with Gasteiger partial charge in [-0.05, 0) is 23.8 Å². The number of halogens is 1. The molecule has 2 unspecified atom stereocenters. The summed E-state index contributed by atoms with van der Waals surface area (Å²) >= 11 is 0. The second kappa shape index (κ2) is 4.55. The first-order valence-corrected chi connectivity index (χ1v) is 6.14. The molecule has 0 fully saturated rings. The summed E-state index contributed by atoms with van der Waals surface area (Å²) < 4.78 is 19.2. The van der Waals surface area contributed by atoms with Gasteiger partial charge in [-0.3, -0.25) is 0 Å². The number of phenolic OH excluding ortho intramolecular Hbond substituents is 1. The largest absolute Gasteiger partial charge is 0.508 e. The molecule has 3 rings (SSSR count). The molecule has 0 radical (unpaired) electrons. The average Bonchev–Trinajstić information content (AvgIpc) is 2.37. The van der Waals surface area contributed by atoms with E-state index in [9.17, 15) is 9.50 Å². The molecule has 0 amide bonds. The molecule has 1 heterocycles. The topological polar surface area (TPSA) is 55.5 Å². The van der Waals surface area contributed by atoms with Gasteiger partial charge in [0.05, 0.1) is 0 Å². The Balaban J connectivity index is 1.96. The van der Waals surface area contributed by atoms with E-state index in [-0.39, 0.29) is 17.9 Å². The van der Waals surface area contributed by atoms with Crippen molar-refractivity contribution in [3.63, 3.8) is 0 Å². The van der Waals surface area contributed by atoms with Crippen LogP contribution in [0.15, 0.2) is 42.5 Å². The van der Waals surface area contributed by atoms with E-state index in [0.29, 0.717) is 12.0 Å². The van der Waals surface area contributed by atoms with E-state index in [1.54, 1.807) is 0 Å². The fourth-order valence-electron chi connectivity index (χ4n) is 2.44. The Morgan fingerprint density at radius 1 is 1.21 bits per heavy atom. The maximum Gasteiger partial charge on any atom is 0.127 e. The van der Waals surface area contributed by atoms with Crippen molar-refractivity contribution < 1.29 is 14.2 Å². The van der Waals surface area contributed by atoms with Gasteiger partial charge in [-0.2, -0.15) is 0 Å². The SMILES string of the molecule is NC1CC(c2cc(O)cc(F)c2)Oc2ccccc21. The molecule has 0 bridgehead atoms. The van der Waals surface area contributed by atoms with Crippen LogP contribution >= 0.6 is 0 Å². The lowest BCUT2D eigenvalue weighted by atomic mass is 9.93. The number of ether oxygens (including phenoxy) is 1. The highest BCUT2D eigenvalue weighted by atomic mass is 19.1. The van der Waals surface area contributed by atoms with Crippen molar-refractivity contribution in [2.45, 2.75) is 18.6 Å². The van der Waals surface area contributed by atoms with Crippen molar-refractivity contribution in [2.75, 3.05) is 0 Å². The summed E-state index contributed by atoms with van der Waals surface area (Å²) in [5.41, 5.74) is 7.67. The normalized spacial score (nSPS) is 21.6. The van der Waals surface area contributed by atoms with Gasteiger partial charge in [0.2, 0.25) is 0 Å². The predicted octanol–water partition coefficient (Wildman–Crippen LogP) is 3.05. The second-order valence-electron chi connectivity index (χ2n) is 4.73. The monoisotopic (exact) mass is 259 g/mol.